The van der Waals surface area contributed by atoms with Crippen LogP contribution in [0.15, 0.2) is 174 Å². The number of hydrogen-bond acceptors (Lipinski definition) is 3. The molecular weight excluding hydrogens is 717 g/mol. The molecule has 3 heteroatoms. The molecular formula is C56H50N2O. The van der Waals surface area contributed by atoms with Crippen LogP contribution in [0.4, 0.5) is 34.1 Å². The zero-order valence-corrected chi connectivity index (χ0v) is 33.7. The number of anilines is 6. The Bertz CT molecular complexity index is 2680. The van der Waals surface area contributed by atoms with Crippen molar-refractivity contribution < 1.29 is 4.42 Å². The van der Waals surface area contributed by atoms with E-state index in [2.05, 4.69) is 180 Å². The van der Waals surface area contributed by atoms with E-state index in [-0.39, 0.29) is 0 Å². The molecule has 0 spiro atoms. The second-order valence-corrected chi connectivity index (χ2v) is 16.9. The maximum Gasteiger partial charge on any atom is 0.138 e. The van der Waals surface area contributed by atoms with E-state index in [1.807, 2.05) is 0 Å². The van der Waals surface area contributed by atoms with Crippen LogP contribution < -0.4 is 9.80 Å². The summed E-state index contributed by atoms with van der Waals surface area (Å²) in [5.41, 5.74) is 11.5. The largest absolute Gasteiger partial charge is 0.456 e. The molecule has 0 aliphatic heterocycles. The molecule has 9 aromatic rings. The highest BCUT2D eigenvalue weighted by atomic mass is 16.3. The molecule has 0 saturated heterocycles. The minimum absolute atomic E-state index is 0.661. The van der Waals surface area contributed by atoms with Crippen molar-refractivity contribution >= 4 is 77.6 Å². The van der Waals surface area contributed by atoms with Gasteiger partial charge in [-0.05, 0) is 108 Å². The normalized spacial score (nSPS) is 15.3. The van der Waals surface area contributed by atoms with E-state index >= 15 is 0 Å². The van der Waals surface area contributed by atoms with Gasteiger partial charge in [0.05, 0.1) is 11.4 Å². The van der Waals surface area contributed by atoms with Crippen LogP contribution in [0.2, 0.25) is 0 Å². The van der Waals surface area contributed by atoms with E-state index in [0.717, 1.165) is 56.1 Å². The van der Waals surface area contributed by atoms with Crippen LogP contribution >= 0.6 is 0 Å². The lowest BCUT2D eigenvalue weighted by Gasteiger charge is -2.28. The quantitative estimate of drug-likeness (QED) is 0.154. The van der Waals surface area contributed by atoms with Gasteiger partial charge >= 0.3 is 0 Å². The van der Waals surface area contributed by atoms with Gasteiger partial charge in [0.25, 0.3) is 0 Å². The van der Waals surface area contributed by atoms with Crippen molar-refractivity contribution in [3.05, 3.63) is 181 Å². The van der Waals surface area contributed by atoms with Gasteiger partial charge in [-0.3, -0.25) is 0 Å². The molecule has 0 N–H and O–H groups in total. The first-order chi connectivity index (χ1) is 29.3. The Kier molecular flexibility index (Phi) is 9.38. The first-order valence-corrected chi connectivity index (χ1v) is 22.0. The first-order valence-electron chi connectivity index (χ1n) is 22.0. The second-order valence-electron chi connectivity index (χ2n) is 16.9. The Morgan fingerprint density at radius 2 is 0.678 bits per heavy atom. The zero-order chi connectivity index (χ0) is 39.1. The van der Waals surface area contributed by atoms with Crippen molar-refractivity contribution in [3.63, 3.8) is 0 Å². The number of para-hydroxylation sites is 2. The number of hydrogen-bond donors (Lipinski definition) is 0. The van der Waals surface area contributed by atoms with Crippen LogP contribution in [0, 0.1) is 0 Å². The maximum absolute atomic E-state index is 7.14. The highest BCUT2D eigenvalue weighted by Gasteiger charge is 2.25. The third kappa shape index (κ3) is 6.54. The van der Waals surface area contributed by atoms with E-state index in [1.54, 1.807) is 0 Å². The predicted molar refractivity (Wildman–Crippen MR) is 250 cm³/mol. The molecule has 0 amide bonds. The summed E-state index contributed by atoms with van der Waals surface area (Å²) in [7, 11) is 0. The van der Waals surface area contributed by atoms with Crippen molar-refractivity contribution in [2.75, 3.05) is 9.80 Å². The Morgan fingerprint density at radius 1 is 0.339 bits per heavy atom. The van der Waals surface area contributed by atoms with Gasteiger partial charge in [-0.25, -0.2) is 0 Å². The lowest BCUT2D eigenvalue weighted by molar-refractivity contribution is 0.443. The summed E-state index contributed by atoms with van der Waals surface area (Å²) >= 11 is 0. The maximum atomic E-state index is 7.14. The van der Waals surface area contributed by atoms with Crippen molar-refractivity contribution in [1.82, 2.24) is 0 Å². The number of fused-ring (bicyclic) bond motifs is 7. The molecule has 290 valence electrons. The van der Waals surface area contributed by atoms with E-state index in [0.29, 0.717) is 11.8 Å². The molecule has 2 fully saturated rings. The molecule has 8 aromatic carbocycles. The topological polar surface area (TPSA) is 19.6 Å². The van der Waals surface area contributed by atoms with Crippen LogP contribution in [0.5, 0.6) is 0 Å². The summed E-state index contributed by atoms with van der Waals surface area (Å²) in [5, 5.41) is 7.08. The molecule has 3 nitrogen and oxygen atoms in total. The van der Waals surface area contributed by atoms with E-state index in [1.165, 1.54) is 96.9 Å². The Hall–Kier alpha value is -6.32. The van der Waals surface area contributed by atoms with E-state index in [9.17, 15) is 0 Å². The van der Waals surface area contributed by atoms with Crippen molar-refractivity contribution in [1.29, 1.82) is 0 Å². The molecule has 1 heterocycles. The van der Waals surface area contributed by atoms with E-state index < -0.39 is 0 Å². The van der Waals surface area contributed by atoms with Gasteiger partial charge < -0.3 is 14.2 Å². The van der Waals surface area contributed by atoms with E-state index in [4.69, 9.17) is 4.42 Å². The number of furan rings is 1. The van der Waals surface area contributed by atoms with Gasteiger partial charge in [-0.1, -0.05) is 148 Å². The average molecular weight is 767 g/mol. The number of nitrogens with zero attached hydrogens (tertiary/aromatic N) is 2. The third-order valence-corrected chi connectivity index (χ3v) is 13.4. The highest BCUT2D eigenvalue weighted by molar-refractivity contribution is 6.30. The highest BCUT2D eigenvalue weighted by Crippen LogP contribution is 2.49. The van der Waals surface area contributed by atoms with Gasteiger partial charge in [-0.2, -0.15) is 0 Å². The lowest BCUT2D eigenvalue weighted by atomic mass is 9.84. The summed E-state index contributed by atoms with van der Waals surface area (Å²) in [6.45, 7) is 0. The van der Waals surface area contributed by atoms with Crippen molar-refractivity contribution in [2.45, 2.75) is 76.0 Å². The Balaban J connectivity index is 1.10. The third-order valence-electron chi connectivity index (χ3n) is 13.4. The van der Waals surface area contributed by atoms with Crippen LogP contribution in [0.1, 0.15) is 87.2 Å². The Labute approximate surface area is 347 Å². The first kappa shape index (κ1) is 35.8. The van der Waals surface area contributed by atoms with Crippen LogP contribution in [0.25, 0.3) is 43.5 Å². The minimum atomic E-state index is 0.661. The smallest absolute Gasteiger partial charge is 0.138 e. The molecule has 1 aromatic heterocycles. The molecule has 0 bridgehead atoms. The molecule has 0 radical (unpaired) electrons. The molecule has 0 atom stereocenters. The monoisotopic (exact) mass is 766 g/mol. The molecule has 11 rings (SSSR count). The van der Waals surface area contributed by atoms with Gasteiger partial charge in [0, 0.05) is 56.4 Å². The fourth-order valence-electron chi connectivity index (χ4n) is 10.5. The summed E-state index contributed by atoms with van der Waals surface area (Å²) in [6, 6.07) is 62.8. The SMILES string of the molecule is c1ccc(N(c2ccc(C3CCCCC3)cc2)c2cc3oc4cc(N(c5ccccc5)c5ccc(C6CCCCC6)cc5)c5ccccc5c4c3c3ccccc23)cc1. The predicted octanol–water partition coefficient (Wildman–Crippen LogP) is 16.9. The molecule has 2 saturated carbocycles. The van der Waals surface area contributed by atoms with Crippen LogP contribution in [-0.2, 0) is 0 Å². The van der Waals surface area contributed by atoms with Crippen molar-refractivity contribution in [3.8, 4) is 0 Å². The summed E-state index contributed by atoms with van der Waals surface area (Å²) in [6.07, 6.45) is 13.2. The standard InChI is InChI=1S/C56H50N2O/c1-5-17-39(18-6-1)41-29-33-45(34-30-41)57(43-21-9-3-10-22-43)51-37-53-55(49-27-15-13-25-47(49)51)56-50-28-16-14-26-48(50)52(38-54(56)59-53)58(44-23-11-4-12-24-44)46-35-31-42(32-36-46)40-19-7-2-8-20-40/h3-4,9-16,21-40H,1-2,5-8,17-20H2. The second kappa shape index (κ2) is 15.5. The molecule has 0 unspecified atom stereocenters. The van der Waals surface area contributed by atoms with Gasteiger partial charge in [0.1, 0.15) is 11.2 Å². The van der Waals surface area contributed by atoms with Gasteiger partial charge in [-0.15, -0.1) is 0 Å². The Morgan fingerprint density at radius 3 is 1.07 bits per heavy atom. The van der Waals surface area contributed by atoms with Crippen LogP contribution in [-0.4, -0.2) is 0 Å². The van der Waals surface area contributed by atoms with Crippen molar-refractivity contribution in [2.24, 2.45) is 0 Å². The summed E-state index contributed by atoms with van der Waals surface area (Å²) in [5.74, 6) is 1.32. The van der Waals surface area contributed by atoms with Gasteiger partial charge in [0.15, 0.2) is 0 Å². The van der Waals surface area contributed by atoms with Gasteiger partial charge in [0.2, 0.25) is 0 Å². The number of rotatable bonds is 8. The minimum Gasteiger partial charge on any atom is -0.456 e. The summed E-state index contributed by atoms with van der Waals surface area (Å²) in [4.78, 5) is 4.83. The van der Waals surface area contributed by atoms with Crippen LogP contribution in [0.3, 0.4) is 0 Å². The molecule has 59 heavy (non-hydrogen) atoms. The fraction of sp³-hybridized carbons (Fsp3) is 0.214. The molecule has 2 aliphatic carbocycles. The fourth-order valence-corrected chi connectivity index (χ4v) is 10.5. The average Bonchev–Trinajstić information content (AvgIpc) is 3.70. The summed E-state index contributed by atoms with van der Waals surface area (Å²) < 4.78 is 7.14. The number of benzene rings is 8. The lowest BCUT2D eigenvalue weighted by Crippen LogP contribution is -2.11. The zero-order valence-electron chi connectivity index (χ0n) is 33.7. The molecule has 2 aliphatic rings.